The molecule has 0 saturated heterocycles. The van der Waals surface area contributed by atoms with Gasteiger partial charge in [-0.25, -0.2) is 0 Å². The van der Waals surface area contributed by atoms with Crippen LogP contribution in [-0.2, 0) is 18.4 Å². The van der Waals surface area contributed by atoms with Crippen molar-refractivity contribution in [3.8, 4) is 0 Å². The summed E-state index contributed by atoms with van der Waals surface area (Å²) >= 11 is 0. The lowest BCUT2D eigenvalue weighted by molar-refractivity contribution is -0.145. The lowest BCUT2D eigenvalue weighted by Gasteiger charge is -2.27. The van der Waals surface area contributed by atoms with Gasteiger partial charge in [0.05, 0.1) is 6.20 Å². The number of carboxylic acids is 1. The van der Waals surface area contributed by atoms with Crippen LogP contribution in [0.1, 0.15) is 32.8 Å². The normalized spacial score (nSPS) is 14.9. The van der Waals surface area contributed by atoms with Crippen LogP contribution in [0.15, 0.2) is 12.4 Å². The summed E-state index contributed by atoms with van der Waals surface area (Å²) in [4.78, 5) is 11.3. The molecule has 1 atom stereocenters. The summed E-state index contributed by atoms with van der Waals surface area (Å²) in [5, 5.41) is 16.4. The van der Waals surface area contributed by atoms with Gasteiger partial charge in [0.15, 0.2) is 0 Å². The van der Waals surface area contributed by atoms with Crippen molar-refractivity contribution in [2.24, 2.45) is 13.0 Å². The van der Waals surface area contributed by atoms with Crippen molar-refractivity contribution in [1.29, 1.82) is 0 Å². The zero-order valence-corrected chi connectivity index (χ0v) is 10.9. The highest BCUT2D eigenvalue weighted by molar-refractivity contribution is 5.78. The molecule has 1 unspecified atom stereocenters. The fourth-order valence-electron chi connectivity index (χ4n) is 1.91. The van der Waals surface area contributed by atoms with Crippen molar-refractivity contribution in [2.45, 2.75) is 39.3 Å². The van der Waals surface area contributed by atoms with Crippen LogP contribution in [0.2, 0.25) is 0 Å². The van der Waals surface area contributed by atoms with Crippen molar-refractivity contribution < 1.29 is 9.90 Å². The maximum atomic E-state index is 11.3. The van der Waals surface area contributed by atoms with E-state index in [1.165, 1.54) is 0 Å². The number of aryl methyl sites for hydroxylation is 1. The zero-order chi connectivity index (χ0) is 13.1. The molecule has 0 aliphatic carbocycles. The molecule has 0 radical (unpaired) electrons. The summed E-state index contributed by atoms with van der Waals surface area (Å²) in [6.07, 6.45) is 4.22. The van der Waals surface area contributed by atoms with Gasteiger partial charge in [-0.05, 0) is 19.3 Å². The Hall–Kier alpha value is -1.36. The molecule has 96 valence electrons. The number of aliphatic carboxylic acids is 1. The van der Waals surface area contributed by atoms with Crippen LogP contribution < -0.4 is 5.32 Å². The standard InChI is InChI=1S/C12H21N3O2/c1-9(2)5-12(3,11(16)17)13-6-10-7-14-15(4)8-10/h7-9,13H,5-6H2,1-4H3,(H,16,17). The number of nitrogens with zero attached hydrogens (tertiary/aromatic N) is 2. The van der Waals surface area contributed by atoms with Crippen LogP contribution in [0.4, 0.5) is 0 Å². The minimum absolute atomic E-state index is 0.331. The number of hydrogen-bond donors (Lipinski definition) is 2. The maximum absolute atomic E-state index is 11.3. The summed E-state index contributed by atoms with van der Waals surface area (Å²) in [6, 6.07) is 0. The van der Waals surface area contributed by atoms with E-state index in [1.54, 1.807) is 17.8 Å². The van der Waals surface area contributed by atoms with Gasteiger partial charge in [-0.3, -0.25) is 14.8 Å². The Labute approximate surface area is 102 Å². The van der Waals surface area contributed by atoms with Crippen molar-refractivity contribution in [2.75, 3.05) is 0 Å². The molecule has 0 spiro atoms. The predicted octanol–water partition coefficient (Wildman–Crippen LogP) is 1.40. The van der Waals surface area contributed by atoms with E-state index in [0.29, 0.717) is 18.9 Å². The van der Waals surface area contributed by atoms with Gasteiger partial charge in [0.25, 0.3) is 0 Å². The number of carbonyl (C=O) groups is 1. The van der Waals surface area contributed by atoms with E-state index in [9.17, 15) is 9.90 Å². The van der Waals surface area contributed by atoms with Crippen LogP contribution >= 0.6 is 0 Å². The van der Waals surface area contributed by atoms with Crippen LogP contribution in [0.5, 0.6) is 0 Å². The Morgan fingerprint density at radius 3 is 2.71 bits per heavy atom. The van der Waals surface area contributed by atoms with Crippen molar-refractivity contribution in [3.05, 3.63) is 18.0 Å². The van der Waals surface area contributed by atoms with Gasteiger partial charge >= 0.3 is 5.97 Å². The fraction of sp³-hybridized carbons (Fsp3) is 0.667. The third-order valence-electron chi connectivity index (χ3n) is 2.73. The summed E-state index contributed by atoms with van der Waals surface area (Å²) in [5.41, 5.74) is 0.105. The topological polar surface area (TPSA) is 67.2 Å². The van der Waals surface area contributed by atoms with Gasteiger partial charge in [-0.2, -0.15) is 5.10 Å². The number of aromatic nitrogens is 2. The molecule has 0 saturated carbocycles. The minimum atomic E-state index is -0.885. The van der Waals surface area contributed by atoms with E-state index in [-0.39, 0.29) is 0 Å². The molecule has 2 N–H and O–H groups in total. The Bertz CT molecular complexity index is 387. The lowest BCUT2D eigenvalue weighted by atomic mass is 9.90. The molecule has 5 nitrogen and oxygen atoms in total. The van der Waals surface area contributed by atoms with E-state index in [0.717, 1.165) is 5.56 Å². The molecule has 5 heteroatoms. The minimum Gasteiger partial charge on any atom is -0.480 e. The highest BCUT2D eigenvalue weighted by atomic mass is 16.4. The number of nitrogens with one attached hydrogen (secondary N) is 1. The summed E-state index contributed by atoms with van der Waals surface area (Å²) in [6.45, 7) is 6.29. The van der Waals surface area contributed by atoms with E-state index >= 15 is 0 Å². The van der Waals surface area contributed by atoms with Gasteiger partial charge in [0, 0.05) is 25.4 Å². The first-order chi connectivity index (χ1) is 7.83. The lowest BCUT2D eigenvalue weighted by Crippen LogP contribution is -2.49. The molecular formula is C12H21N3O2. The molecule has 0 aliphatic heterocycles. The highest BCUT2D eigenvalue weighted by Crippen LogP contribution is 2.17. The second kappa shape index (κ2) is 5.31. The first-order valence-corrected chi connectivity index (χ1v) is 5.79. The number of hydrogen-bond acceptors (Lipinski definition) is 3. The third-order valence-corrected chi connectivity index (χ3v) is 2.73. The van der Waals surface area contributed by atoms with Gasteiger partial charge in [0.1, 0.15) is 5.54 Å². The predicted molar refractivity (Wildman–Crippen MR) is 65.5 cm³/mol. The van der Waals surface area contributed by atoms with E-state index < -0.39 is 11.5 Å². The van der Waals surface area contributed by atoms with Gasteiger partial charge < -0.3 is 5.11 Å². The highest BCUT2D eigenvalue weighted by Gasteiger charge is 2.33. The first-order valence-electron chi connectivity index (χ1n) is 5.79. The third kappa shape index (κ3) is 3.85. The average Bonchev–Trinajstić information content (AvgIpc) is 2.60. The molecule has 1 heterocycles. The molecular weight excluding hydrogens is 218 g/mol. The molecule has 0 bridgehead atoms. The smallest absolute Gasteiger partial charge is 0.323 e. The van der Waals surface area contributed by atoms with Gasteiger partial charge in [-0.15, -0.1) is 0 Å². The molecule has 1 aromatic heterocycles. The van der Waals surface area contributed by atoms with Crippen LogP contribution in [-0.4, -0.2) is 26.4 Å². The van der Waals surface area contributed by atoms with E-state index in [4.69, 9.17) is 0 Å². The molecule has 1 aromatic rings. The number of carboxylic acid groups (broad SMARTS) is 1. The monoisotopic (exact) mass is 239 g/mol. The van der Waals surface area contributed by atoms with Crippen LogP contribution in [0.25, 0.3) is 0 Å². The Kier molecular flexibility index (Phi) is 4.28. The molecule has 0 aliphatic rings. The van der Waals surface area contributed by atoms with Crippen molar-refractivity contribution >= 4 is 5.97 Å². The second-order valence-electron chi connectivity index (χ2n) is 5.11. The Balaban J connectivity index is 2.64. The van der Waals surface area contributed by atoms with Gasteiger partial charge in [0.2, 0.25) is 0 Å². The van der Waals surface area contributed by atoms with E-state index in [2.05, 4.69) is 10.4 Å². The van der Waals surface area contributed by atoms with Crippen LogP contribution in [0.3, 0.4) is 0 Å². The summed E-state index contributed by atoms with van der Waals surface area (Å²) < 4.78 is 1.71. The molecule has 0 aromatic carbocycles. The number of rotatable bonds is 6. The molecule has 0 amide bonds. The summed E-state index contributed by atoms with van der Waals surface area (Å²) in [5.74, 6) is -0.479. The summed E-state index contributed by atoms with van der Waals surface area (Å²) in [7, 11) is 1.84. The van der Waals surface area contributed by atoms with Crippen LogP contribution in [0, 0.1) is 5.92 Å². The van der Waals surface area contributed by atoms with Crippen molar-refractivity contribution in [1.82, 2.24) is 15.1 Å². The van der Waals surface area contributed by atoms with E-state index in [1.807, 2.05) is 27.1 Å². The Morgan fingerprint density at radius 1 is 1.65 bits per heavy atom. The largest absolute Gasteiger partial charge is 0.480 e. The van der Waals surface area contributed by atoms with Gasteiger partial charge in [-0.1, -0.05) is 13.8 Å². The average molecular weight is 239 g/mol. The Morgan fingerprint density at radius 2 is 2.29 bits per heavy atom. The SMILES string of the molecule is CC(C)CC(C)(NCc1cnn(C)c1)C(=O)O. The second-order valence-corrected chi connectivity index (χ2v) is 5.11. The zero-order valence-electron chi connectivity index (χ0n) is 10.9. The molecule has 0 fully saturated rings. The molecule has 1 rings (SSSR count). The molecule has 17 heavy (non-hydrogen) atoms. The maximum Gasteiger partial charge on any atom is 0.323 e. The van der Waals surface area contributed by atoms with Crippen molar-refractivity contribution in [3.63, 3.8) is 0 Å². The first kappa shape index (κ1) is 13.7. The quantitative estimate of drug-likeness (QED) is 0.787. The fourth-order valence-corrected chi connectivity index (χ4v) is 1.91.